The molecule has 6 heteroatoms. The summed E-state index contributed by atoms with van der Waals surface area (Å²) in [7, 11) is 1.19. The van der Waals surface area contributed by atoms with E-state index in [2.05, 4.69) is 41.2 Å². The van der Waals surface area contributed by atoms with Crippen LogP contribution in [-0.4, -0.2) is 25.7 Å². The number of aryl methyl sites for hydroxylation is 1. The minimum atomic E-state index is -0.789. The molecule has 0 aliphatic rings. The van der Waals surface area contributed by atoms with E-state index in [-0.39, 0.29) is 18.1 Å². The van der Waals surface area contributed by atoms with Crippen LogP contribution in [0.2, 0.25) is 0 Å². The minimum Gasteiger partial charge on any atom is -0.465 e. The number of methoxy groups -OCH3 is 1. The summed E-state index contributed by atoms with van der Waals surface area (Å²) in [5.41, 5.74) is 4.67. The third kappa shape index (κ3) is 6.92. The summed E-state index contributed by atoms with van der Waals surface area (Å²) in [6, 6.07) is 20.3. The van der Waals surface area contributed by atoms with Crippen LogP contribution in [0.4, 0.5) is 14.9 Å². The molecule has 0 unspecified atom stereocenters. The maximum atomic E-state index is 14.2. The molecule has 0 aliphatic carbocycles. The molecule has 0 radical (unpaired) electrons. The highest BCUT2D eigenvalue weighted by Gasteiger charge is 2.20. The zero-order valence-corrected chi connectivity index (χ0v) is 20.6. The Morgan fingerprint density at radius 1 is 0.886 bits per heavy atom. The molecule has 0 aromatic heterocycles. The lowest BCUT2D eigenvalue weighted by atomic mass is 10.0. The molecule has 0 aliphatic heterocycles. The molecular formula is C29H33FN2O3. The van der Waals surface area contributed by atoms with Gasteiger partial charge in [0, 0.05) is 12.2 Å². The van der Waals surface area contributed by atoms with Gasteiger partial charge >= 0.3 is 12.0 Å². The number of carbonyl (C=O) groups excluding carboxylic acids is 2. The number of esters is 1. The number of benzene rings is 3. The Morgan fingerprint density at radius 3 is 2.09 bits per heavy atom. The summed E-state index contributed by atoms with van der Waals surface area (Å²) in [5.74, 6) is -1.48. The van der Waals surface area contributed by atoms with Crippen LogP contribution in [0.1, 0.15) is 54.6 Å². The zero-order valence-electron chi connectivity index (χ0n) is 20.6. The molecular weight excluding hydrogens is 443 g/mol. The predicted octanol–water partition coefficient (Wildman–Crippen LogP) is 6.75. The molecule has 0 heterocycles. The van der Waals surface area contributed by atoms with Crippen LogP contribution in [0.3, 0.4) is 0 Å². The Labute approximate surface area is 206 Å². The Balaban J connectivity index is 1.83. The van der Waals surface area contributed by atoms with Crippen molar-refractivity contribution in [3.63, 3.8) is 0 Å². The van der Waals surface area contributed by atoms with Gasteiger partial charge in [0.1, 0.15) is 5.82 Å². The highest BCUT2D eigenvalue weighted by molar-refractivity contribution is 5.95. The first-order valence-corrected chi connectivity index (χ1v) is 12.1. The van der Waals surface area contributed by atoms with Gasteiger partial charge in [-0.1, -0.05) is 68.8 Å². The molecule has 184 valence electrons. The lowest BCUT2D eigenvalue weighted by molar-refractivity contribution is 0.0595. The van der Waals surface area contributed by atoms with E-state index in [4.69, 9.17) is 0 Å². The summed E-state index contributed by atoms with van der Waals surface area (Å²) in [5, 5.41) is 2.86. The molecule has 2 amide bonds. The molecule has 5 nitrogen and oxygen atoms in total. The van der Waals surface area contributed by atoms with Gasteiger partial charge in [0.25, 0.3) is 0 Å². The predicted molar refractivity (Wildman–Crippen MR) is 138 cm³/mol. The third-order valence-corrected chi connectivity index (χ3v) is 5.84. The number of rotatable bonds is 10. The lowest BCUT2D eigenvalue weighted by Crippen LogP contribution is -2.40. The van der Waals surface area contributed by atoms with Crippen LogP contribution in [0, 0.1) is 5.82 Å². The fourth-order valence-electron chi connectivity index (χ4n) is 3.79. The van der Waals surface area contributed by atoms with Crippen LogP contribution < -0.4 is 10.2 Å². The van der Waals surface area contributed by atoms with Crippen molar-refractivity contribution >= 4 is 17.7 Å². The summed E-state index contributed by atoms with van der Waals surface area (Å²) in [4.78, 5) is 26.4. The smallest absolute Gasteiger partial charge is 0.340 e. The number of anilines is 1. The molecule has 3 rings (SSSR count). The minimum absolute atomic E-state index is 0.212. The van der Waals surface area contributed by atoms with Crippen LogP contribution in [0.15, 0.2) is 66.7 Å². The molecule has 0 atom stereocenters. The van der Waals surface area contributed by atoms with E-state index in [9.17, 15) is 14.0 Å². The second-order valence-electron chi connectivity index (χ2n) is 8.47. The molecule has 0 saturated carbocycles. The number of carbonyl (C=O) groups is 2. The first kappa shape index (κ1) is 25.9. The lowest BCUT2D eigenvalue weighted by Gasteiger charge is -2.24. The largest absolute Gasteiger partial charge is 0.465 e. The first-order valence-electron chi connectivity index (χ1n) is 12.1. The van der Waals surface area contributed by atoms with Gasteiger partial charge in [0.05, 0.1) is 19.2 Å². The van der Waals surface area contributed by atoms with E-state index in [0.29, 0.717) is 12.2 Å². The average Bonchev–Trinajstić information content (AvgIpc) is 2.89. The number of nitrogens with zero attached hydrogens (tertiary/aromatic N) is 1. The van der Waals surface area contributed by atoms with Gasteiger partial charge in [-0.05, 0) is 59.7 Å². The molecule has 0 fully saturated rings. The number of halogens is 1. The van der Waals surface area contributed by atoms with E-state index in [1.54, 1.807) is 0 Å². The second kappa shape index (κ2) is 12.7. The molecule has 35 heavy (non-hydrogen) atoms. The highest BCUT2D eigenvalue weighted by Crippen LogP contribution is 2.25. The summed E-state index contributed by atoms with van der Waals surface area (Å²) in [6.07, 6.45) is 4.24. The molecule has 3 aromatic rings. The van der Waals surface area contributed by atoms with Crippen molar-refractivity contribution < 1.29 is 18.7 Å². The van der Waals surface area contributed by atoms with Crippen molar-refractivity contribution in [1.82, 2.24) is 5.32 Å². The van der Waals surface area contributed by atoms with Crippen LogP contribution in [-0.2, 0) is 17.7 Å². The maximum absolute atomic E-state index is 14.2. The van der Waals surface area contributed by atoms with Gasteiger partial charge in [0.2, 0.25) is 0 Å². The van der Waals surface area contributed by atoms with Gasteiger partial charge < -0.3 is 10.1 Å². The van der Waals surface area contributed by atoms with Crippen LogP contribution in [0.5, 0.6) is 0 Å². The van der Waals surface area contributed by atoms with Crippen molar-refractivity contribution in [2.24, 2.45) is 0 Å². The quantitative estimate of drug-likeness (QED) is 0.329. The molecule has 0 spiro atoms. The van der Waals surface area contributed by atoms with Crippen LogP contribution >= 0.6 is 0 Å². The van der Waals surface area contributed by atoms with Gasteiger partial charge in [-0.15, -0.1) is 0 Å². The highest BCUT2D eigenvalue weighted by atomic mass is 19.1. The van der Waals surface area contributed by atoms with E-state index < -0.39 is 11.8 Å². The number of unbranched alkanes of at least 4 members (excludes halogenated alkanes) is 1. The topological polar surface area (TPSA) is 58.6 Å². The number of urea groups is 1. The maximum Gasteiger partial charge on any atom is 0.340 e. The Bertz CT molecular complexity index is 1130. The number of amides is 2. The van der Waals surface area contributed by atoms with Crippen molar-refractivity contribution in [1.29, 1.82) is 0 Å². The zero-order chi connectivity index (χ0) is 25.2. The molecule has 3 aromatic carbocycles. The summed E-state index contributed by atoms with van der Waals surface area (Å²) in [6.45, 7) is 4.93. The second-order valence-corrected chi connectivity index (χ2v) is 8.47. The summed E-state index contributed by atoms with van der Waals surface area (Å²) >= 11 is 0. The van der Waals surface area contributed by atoms with Crippen molar-refractivity contribution in [2.45, 2.75) is 46.1 Å². The normalized spacial score (nSPS) is 10.6. The van der Waals surface area contributed by atoms with E-state index in [1.807, 2.05) is 31.2 Å². The molecule has 0 saturated heterocycles. The number of hydrogen-bond acceptors (Lipinski definition) is 3. The van der Waals surface area contributed by atoms with E-state index >= 15 is 0 Å². The number of hydrogen-bond donors (Lipinski definition) is 1. The third-order valence-electron chi connectivity index (χ3n) is 5.84. The van der Waals surface area contributed by atoms with E-state index in [0.717, 1.165) is 29.5 Å². The molecule has 1 N–H and O–H groups in total. The Hall–Kier alpha value is -3.67. The molecule has 0 bridgehead atoms. The number of nitrogens with one attached hydrogen (secondary N) is 1. The monoisotopic (exact) mass is 476 g/mol. The summed E-state index contributed by atoms with van der Waals surface area (Å²) < 4.78 is 18.9. The SMILES string of the molecule is CCCCc1ccc(-c2ccc(CN(C(=O)NCCC)c3ccc(F)c(C(=O)OC)c3)cc2)cc1. The fourth-order valence-corrected chi connectivity index (χ4v) is 3.79. The standard InChI is InChI=1S/C29H33FN2O3/c1-4-6-7-21-8-12-23(13-9-21)24-14-10-22(11-15-24)20-32(29(34)31-18-5-2)25-16-17-27(30)26(19-25)28(33)35-3/h8-17,19H,4-7,18,20H2,1-3H3,(H,31,34). The Morgan fingerprint density at radius 2 is 1.51 bits per heavy atom. The fraction of sp³-hybridized carbons (Fsp3) is 0.310. The average molecular weight is 477 g/mol. The first-order chi connectivity index (χ1) is 17.0. The van der Waals surface area contributed by atoms with Gasteiger partial charge in [-0.3, -0.25) is 4.90 Å². The Kier molecular flexibility index (Phi) is 9.41. The van der Waals surface area contributed by atoms with Gasteiger partial charge in [-0.2, -0.15) is 0 Å². The van der Waals surface area contributed by atoms with Crippen molar-refractivity contribution in [3.8, 4) is 11.1 Å². The van der Waals surface area contributed by atoms with Gasteiger partial charge in [0.15, 0.2) is 0 Å². The van der Waals surface area contributed by atoms with Gasteiger partial charge in [-0.25, -0.2) is 14.0 Å². The van der Waals surface area contributed by atoms with Crippen molar-refractivity contribution in [2.75, 3.05) is 18.6 Å². The number of ether oxygens (including phenoxy) is 1. The van der Waals surface area contributed by atoms with Crippen LogP contribution in [0.25, 0.3) is 11.1 Å². The van der Waals surface area contributed by atoms with E-state index in [1.165, 1.54) is 48.6 Å². The van der Waals surface area contributed by atoms with Crippen molar-refractivity contribution in [3.05, 3.63) is 89.2 Å².